The van der Waals surface area contributed by atoms with Gasteiger partial charge in [0, 0.05) is 54.0 Å². The van der Waals surface area contributed by atoms with Crippen LogP contribution in [0.2, 0.25) is 5.02 Å². The fourth-order valence-electron chi connectivity index (χ4n) is 5.13. The monoisotopic (exact) mass is 473 g/mol. The highest BCUT2D eigenvalue weighted by molar-refractivity contribution is 6.31. The number of carboxylic acid groups (broad SMARTS) is 1. The van der Waals surface area contributed by atoms with E-state index in [4.69, 9.17) is 16.7 Å². The number of hydrogen-bond acceptors (Lipinski definition) is 3. The molecule has 0 radical (unpaired) electrons. The number of halogens is 3. The molecule has 1 unspecified atom stereocenters. The van der Waals surface area contributed by atoms with Crippen LogP contribution in [-0.2, 0) is 11.2 Å². The van der Waals surface area contributed by atoms with Gasteiger partial charge in [-0.05, 0) is 44.0 Å². The van der Waals surface area contributed by atoms with Crippen molar-refractivity contribution >= 4 is 34.2 Å². The Hall–Kier alpha value is -2.64. The largest absolute Gasteiger partial charge is 0.481 e. The molecule has 2 aliphatic rings. The SMILES string of the molecule is CC(C)(F)CN1CCc2c([nH]c3ccccc23)C1c1c(F)cc(N2CC(C(=O)O)C2)cc1Cl. The van der Waals surface area contributed by atoms with Crippen molar-refractivity contribution in [1.29, 1.82) is 0 Å². The standard InChI is InChI=1S/C25H26ClF2N3O2/c1-25(2,28)13-30-8-7-17-16-5-3-4-6-20(16)29-22(17)23(30)21-18(26)9-15(10-19(21)27)31-11-14(12-31)24(32)33/h3-6,9-10,14,23,29H,7-8,11-13H2,1-2H3,(H,32,33). The third-order valence-electron chi connectivity index (χ3n) is 6.65. The van der Waals surface area contributed by atoms with Gasteiger partial charge in [0.15, 0.2) is 0 Å². The number of anilines is 1. The fraction of sp³-hybridized carbons (Fsp3) is 0.400. The highest BCUT2D eigenvalue weighted by Crippen LogP contribution is 2.44. The van der Waals surface area contributed by atoms with Crippen LogP contribution < -0.4 is 4.90 Å². The van der Waals surface area contributed by atoms with E-state index in [-0.39, 0.29) is 11.6 Å². The van der Waals surface area contributed by atoms with Crippen LogP contribution in [0.5, 0.6) is 0 Å². The molecule has 3 heterocycles. The average Bonchev–Trinajstić information content (AvgIpc) is 3.05. The zero-order chi connectivity index (χ0) is 23.5. The van der Waals surface area contributed by atoms with Gasteiger partial charge in [-0.25, -0.2) is 8.78 Å². The maximum Gasteiger partial charge on any atom is 0.310 e. The smallest absolute Gasteiger partial charge is 0.310 e. The molecule has 3 aromatic rings. The molecule has 0 saturated carbocycles. The van der Waals surface area contributed by atoms with Crippen LogP contribution in [-0.4, -0.2) is 52.8 Å². The summed E-state index contributed by atoms with van der Waals surface area (Å²) in [5.41, 5.74) is 2.32. The van der Waals surface area contributed by atoms with Gasteiger partial charge in [0.2, 0.25) is 0 Å². The molecular weight excluding hydrogens is 448 g/mol. The van der Waals surface area contributed by atoms with E-state index in [0.717, 1.165) is 28.6 Å². The van der Waals surface area contributed by atoms with Gasteiger partial charge in [0.05, 0.1) is 17.0 Å². The lowest BCUT2D eigenvalue weighted by Crippen LogP contribution is -2.50. The van der Waals surface area contributed by atoms with E-state index in [0.29, 0.717) is 30.9 Å². The number of aromatic amines is 1. The van der Waals surface area contributed by atoms with Gasteiger partial charge in [-0.15, -0.1) is 0 Å². The summed E-state index contributed by atoms with van der Waals surface area (Å²) in [7, 11) is 0. The zero-order valence-electron chi connectivity index (χ0n) is 18.5. The Balaban J connectivity index is 1.58. The minimum absolute atomic E-state index is 0.135. The third-order valence-corrected chi connectivity index (χ3v) is 6.96. The number of aliphatic carboxylic acids is 1. The second kappa shape index (κ2) is 7.99. The lowest BCUT2D eigenvalue weighted by Gasteiger charge is -2.40. The number of alkyl halides is 1. The molecule has 0 spiro atoms. The highest BCUT2D eigenvalue weighted by atomic mass is 35.5. The molecule has 0 bridgehead atoms. The lowest BCUT2D eigenvalue weighted by molar-refractivity contribution is -0.142. The number of hydrogen-bond donors (Lipinski definition) is 2. The van der Waals surface area contributed by atoms with Gasteiger partial charge < -0.3 is 15.0 Å². The van der Waals surface area contributed by atoms with Crippen LogP contribution in [0.25, 0.3) is 10.9 Å². The second-order valence-electron chi connectivity index (χ2n) is 9.67. The molecule has 33 heavy (non-hydrogen) atoms. The summed E-state index contributed by atoms with van der Waals surface area (Å²) in [5, 5.41) is 10.5. The second-order valence-corrected chi connectivity index (χ2v) is 10.1. The van der Waals surface area contributed by atoms with Crippen molar-refractivity contribution in [3.05, 3.63) is 64.1 Å². The van der Waals surface area contributed by atoms with Crippen molar-refractivity contribution in [2.24, 2.45) is 5.92 Å². The lowest BCUT2D eigenvalue weighted by atomic mass is 9.90. The highest BCUT2D eigenvalue weighted by Gasteiger charge is 2.38. The Morgan fingerprint density at radius 2 is 2.00 bits per heavy atom. The Morgan fingerprint density at radius 1 is 1.27 bits per heavy atom. The van der Waals surface area contributed by atoms with Crippen molar-refractivity contribution in [2.75, 3.05) is 31.1 Å². The van der Waals surface area contributed by atoms with Gasteiger partial charge in [-0.2, -0.15) is 0 Å². The van der Waals surface area contributed by atoms with E-state index >= 15 is 4.39 Å². The van der Waals surface area contributed by atoms with Gasteiger partial charge in [-0.3, -0.25) is 9.69 Å². The maximum atomic E-state index is 15.7. The van der Waals surface area contributed by atoms with Crippen LogP contribution in [0.3, 0.4) is 0 Å². The summed E-state index contributed by atoms with van der Waals surface area (Å²) >= 11 is 6.68. The number of benzene rings is 2. The number of nitrogens with zero attached hydrogens (tertiary/aromatic N) is 2. The van der Waals surface area contributed by atoms with Crippen molar-refractivity contribution < 1.29 is 18.7 Å². The molecule has 0 amide bonds. The number of carbonyl (C=O) groups is 1. The van der Waals surface area contributed by atoms with Crippen molar-refractivity contribution in [3.8, 4) is 0 Å². The molecule has 1 atom stereocenters. The van der Waals surface area contributed by atoms with Gasteiger partial charge >= 0.3 is 5.97 Å². The van der Waals surface area contributed by atoms with Crippen LogP contribution in [0.4, 0.5) is 14.5 Å². The molecule has 1 fully saturated rings. The summed E-state index contributed by atoms with van der Waals surface area (Å²) in [6, 6.07) is 10.5. The van der Waals surface area contributed by atoms with E-state index in [9.17, 15) is 9.18 Å². The normalized spacial score (nSPS) is 19.5. The first-order valence-corrected chi connectivity index (χ1v) is 11.5. The molecule has 5 nitrogen and oxygen atoms in total. The number of carboxylic acids is 1. The quantitative estimate of drug-likeness (QED) is 0.536. The molecule has 1 saturated heterocycles. The molecule has 8 heteroatoms. The molecule has 2 N–H and O–H groups in total. The Labute approximate surface area is 195 Å². The first-order valence-electron chi connectivity index (χ1n) is 11.1. The Bertz CT molecular complexity index is 1210. The molecule has 0 aliphatic carbocycles. The number of fused-ring (bicyclic) bond motifs is 3. The average molecular weight is 474 g/mol. The molecular formula is C25H26ClF2N3O2. The van der Waals surface area contributed by atoms with Crippen LogP contribution >= 0.6 is 11.6 Å². The summed E-state index contributed by atoms with van der Waals surface area (Å²) in [6.45, 7) is 4.40. The third kappa shape index (κ3) is 3.97. The summed E-state index contributed by atoms with van der Waals surface area (Å²) in [4.78, 5) is 18.3. The van der Waals surface area contributed by atoms with E-state index in [1.54, 1.807) is 11.0 Å². The first kappa shape index (κ1) is 22.2. The first-order chi connectivity index (χ1) is 15.6. The van der Waals surface area contributed by atoms with Crippen LogP contribution in [0.15, 0.2) is 36.4 Å². The molecule has 1 aromatic heterocycles. The summed E-state index contributed by atoms with van der Waals surface area (Å²) in [6.07, 6.45) is 0.730. The zero-order valence-corrected chi connectivity index (χ0v) is 19.3. The molecule has 5 rings (SSSR count). The van der Waals surface area contributed by atoms with Gasteiger partial charge in [0.25, 0.3) is 0 Å². The fourth-order valence-corrected chi connectivity index (χ4v) is 5.44. The van der Waals surface area contributed by atoms with Crippen LogP contribution in [0, 0.1) is 11.7 Å². The van der Waals surface area contributed by atoms with E-state index in [1.165, 1.54) is 19.9 Å². The van der Waals surface area contributed by atoms with E-state index in [2.05, 4.69) is 4.98 Å². The van der Waals surface area contributed by atoms with Crippen molar-refractivity contribution in [3.63, 3.8) is 0 Å². The predicted octanol–water partition coefficient (Wildman–Crippen LogP) is 5.18. The Morgan fingerprint density at radius 3 is 2.67 bits per heavy atom. The number of H-pyrrole nitrogens is 1. The topological polar surface area (TPSA) is 59.6 Å². The van der Waals surface area contributed by atoms with E-state index in [1.807, 2.05) is 29.2 Å². The predicted molar refractivity (Wildman–Crippen MR) is 125 cm³/mol. The summed E-state index contributed by atoms with van der Waals surface area (Å²) < 4.78 is 30.4. The van der Waals surface area contributed by atoms with Crippen molar-refractivity contribution in [2.45, 2.75) is 32.0 Å². The van der Waals surface area contributed by atoms with E-state index < -0.39 is 29.4 Å². The minimum atomic E-state index is -1.46. The van der Waals surface area contributed by atoms with Gasteiger partial charge in [-0.1, -0.05) is 29.8 Å². The van der Waals surface area contributed by atoms with Crippen LogP contribution in [0.1, 0.15) is 36.7 Å². The maximum absolute atomic E-state index is 15.7. The number of rotatable bonds is 5. The minimum Gasteiger partial charge on any atom is -0.481 e. The van der Waals surface area contributed by atoms with Crippen molar-refractivity contribution in [1.82, 2.24) is 9.88 Å². The molecule has 2 aliphatic heterocycles. The number of para-hydroxylation sites is 1. The Kier molecular flexibility index (Phi) is 5.37. The number of nitrogens with one attached hydrogen (secondary N) is 1. The molecule has 2 aromatic carbocycles. The summed E-state index contributed by atoms with van der Waals surface area (Å²) in [5.74, 6) is -1.79. The number of aromatic nitrogens is 1. The van der Waals surface area contributed by atoms with Gasteiger partial charge in [0.1, 0.15) is 11.5 Å². The molecule has 174 valence electrons.